The molecular weight excluding hydrogens is 333 g/mol. The van der Waals surface area contributed by atoms with E-state index in [9.17, 15) is 13.2 Å². The lowest BCUT2D eigenvalue weighted by molar-refractivity contribution is -0.137. The van der Waals surface area contributed by atoms with Crippen molar-refractivity contribution in [3.8, 4) is 0 Å². The summed E-state index contributed by atoms with van der Waals surface area (Å²) in [6.07, 6.45) is -3.37. The van der Waals surface area contributed by atoms with Gasteiger partial charge in [-0.25, -0.2) is 0 Å². The number of nitrogens with zero attached hydrogens (tertiary/aromatic N) is 1. The van der Waals surface area contributed by atoms with E-state index in [4.69, 9.17) is 0 Å². The minimum Gasteiger partial charge on any atom is -0.381 e. The van der Waals surface area contributed by atoms with Crippen LogP contribution in [0.4, 0.5) is 18.9 Å². The first-order chi connectivity index (χ1) is 9.25. The summed E-state index contributed by atoms with van der Waals surface area (Å²) < 4.78 is 38.8. The smallest absolute Gasteiger partial charge is 0.381 e. The van der Waals surface area contributed by atoms with E-state index in [1.165, 1.54) is 6.07 Å². The van der Waals surface area contributed by atoms with E-state index in [0.717, 1.165) is 25.6 Å². The Morgan fingerprint density at radius 3 is 2.55 bits per heavy atom. The van der Waals surface area contributed by atoms with Gasteiger partial charge >= 0.3 is 6.18 Å². The van der Waals surface area contributed by atoms with Crippen LogP contribution in [-0.4, -0.2) is 30.1 Å². The minimum atomic E-state index is -4.32. The largest absolute Gasteiger partial charge is 0.416 e. The molecule has 1 aliphatic rings. The van der Waals surface area contributed by atoms with Crippen molar-refractivity contribution in [1.29, 1.82) is 0 Å². The van der Waals surface area contributed by atoms with Gasteiger partial charge in [0.2, 0.25) is 0 Å². The molecule has 1 unspecified atom stereocenters. The zero-order valence-electron chi connectivity index (χ0n) is 11.5. The maximum absolute atomic E-state index is 12.8. The minimum absolute atomic E-state index is 0.202. The van der Waals surface area contributed by atoms with Crippen LogP contribution >= 0.6 is 15.9 Å². The first kappa shape index (κ1) is 15.6. The monoisotopic (exact) mass is 350 g/mol. The number of anilines is 1. The van der Waals surface area contributed by atoms with E-state index < -0.39 is 11.7 Å². The van der Waals surface area contributed by atoms with Gasteiger partial charge in [0.15, 0.2) is 0 Å². The summed E-state index contributed by atoms with van der Waals surface area (Å²) in [5, 5.41) is 3.21. The second-order valence-electron chi connectivity index (χ2n) is 5.44. The average Bonchev–Trinajstić information content (AvgIpc) is 2.75. The molecule has 0 radical (unpaired) electrons. The second kappa shape index (κ2) is 5.93. The van der Waals surface area contributed by atoms with Gasteiger partial charge in [0, 0.05) is 35.3 Å². The van der Waals surface area contributed by atoms with Crippen LogP contribution in [0.2, 0.25) is 0 Å². The third-order valence-corrected chi connectivity index (χ3v) is 4.00. The van der Waals surface area contributed by atoms with Crippen LogP contribution in [0.15, 0.2) is 22.7 Å². The second-order valence-corrected chi connectivity index (χ2v) is 6.36. The summed E-state index contributed by atoms with van der Waals surface area (Å²) in [7, 11) is 0. The van der Waals surface area contributed by atoms with Gasteiger partial charge in [-0.2, -0.15) is 13.2 Å². The molecule has 0 aliphatic carbocycles. The number of halogens is 4. The fourth-order valence-electron chi connectivity index (χ4n) is 2.45. The highest BCUT2D eigenvalue weighted by Gasteiger charge is 2.31. The number of likely N-dealkylation sites (tertiary alicyclic amines) is 1. The van der Waals surface area contributed by atoms with Gasteiger partial charge in [-0.15, -0.1) is 0 Å². The van der Waals surface area contributed by atoms with Gasteiger partial charge < -0.3 is 5.32 Å². The lowest BCUT2D eigenvalue weighted by Gasteiger charge is -2.21. The highest BCUT2D eigenvalue weighted by atomic mass is 79.9. The molecule has 1 heterocycles. The molecule has 2 rings (SSSR count). The van der Waals surface area contributed by atoms with E-state index in [1.807, 2.05) is 0 Å². The zero-order chi connectivity index (χ0) is 14.9. The molecule has 0 bridgehead atoms. The standard InChI is InChI=1S/C14H18BrF3N2/c1-9(2)20-4-3-12(8-20)19-13-6-10(14(16,17)18)5-11(15)7-13/h5-7,9,12,19H,3-4,8H2,1-2H3. The predicted octanol–water partition coefficient (Wildman–Crippen LogP) is 4.36. The molecule has 6 heteroatoms. The van der Waals surface area contributed by atoms with Crippen LogP contribution in [-0.2, 0) is 6.18 Å². The molecule has 1 aliphatic heterocycles. The van der Waals surface area contributed by atoms with E-state index in [0.29, 0.717) is 16.2 Å². The number of benzene rings is 1. The predicted molar refractivity (Wildman–Crippen MR) is 77.9 cm³/mol. The van der Waals surface area contributed by atoms with Crippen molar-refractivity contribution in [2.24, 2.45) is 0 Å². The topological polar surface area (TPSA) is 15.3 Å². The maximum Gasteiger partial charge on any atom is 0.416 e. The molecule has 1 aromatic carbocycles. The fourth-order valence-corrected chi connectivity index (χ4v) is 2.94. The van der Waals surface area contributed by atoms with Gasteiger partial charge in [0.25, 0.3) is 0 Å². The molecule has 0 amide bonds. The van der Waals surface area contributed by atoms with Crippen LogP contribution in [0.25, 0.3) is 0 Å². The maximum atomic E-state index is 12.8. The highest BCUT2D eigenvalue weighted by Crippen LogP contribution is 2.33. The quantitative estimate of drug-likeness (QED) is 0.870. The molecule has 112 valence electrons. The lowest BCUT2D eigenvalue weighted by atomic mass is 10.1. The molecule has 0 saturated carbocycles. The Bertz CT molecular complexity index is 474. The molecule has 1 N–H and O–H groups in total. The van der Waals surface area contributed by atoms with Crippen LogP contribution in [0.1, 0.15) is 25.8 Å². The summed E-state index contributed by atoms with van der Waals surface area (Å²) in [6, 6.07) is 4.62. The molecule has 1 atom stereocenters. The van der Waals surface area contributed by atoms with E-state index in [-0.39, 0.29) is 6.04 Å². The number of alkyl halides is 3. The number of hydrogen-bond acceptors (Lipinski definition) is 2. The summed E-state index contributed by atoms with van der Waals surface area (Å²) >= 11 is 3.14. The highest BCUT2D eigenvalue weighted by molar-refractivity contribution is 9.10. The van der Waals surface area contributed by atoms with Crippen molar-refractivity contribution in [2.75, 3.05) is 18.4 Å². The molecular formula is C14H18BrF3N2. The summed E-state index contributed by atoms with van der Waals surface area (Å²) in [6.45, 7) is 6.10. The average molecular weight is 351 g/mol. The Hall–Kier alpha value is -0.750. The Labute approximate surface area is 125 Å². The van der Waals surface area contributed by atoms with Gasteiger partial charge in [-0.05, 0) is 38.5 Å². The lowest BCUT2D eigenvalue weighted by Crippen LogP contribution is -2.31. The Kier molecular flexibility index (Phi) is 4.64. The Morgan fingerprint density at radius 1 is 1.30 bits per heavy atom. The Balaban J connectivity index is 2.09. The number of rotatable bonds is 3. The van der Waals surface area contributed by atoms with Gasteiger partial charge in [-0.3, -0.25) is 4.90 Å². The molecule has 0 aromatic heterocycles. The zero-order valence-corrected chi connectivity index (χ0v) is 13.1. The Morgan fingerprint density at radius 2 is 2.00 bits per heavy atom. The molecule has 1 aromatic rings. The normalized spacial score (nSPS) is 20.6. The van der Waals surface area contributed by atoms with Gasteiger partial charge in [-0.1, -0.05) is 15.9 Å². The molecule has 20 heavy (non-hydrogen) atoms. The van der Waals surface area contributed by atoms with Crippen molar-refractivity contribution in [3.63, 3.8) is 0 Å². The summed E-state index contributed by atoms with van der Waals surface area (Å²) in [5.41, 5.74) is -0.115. The van der Waals surface area contributed by atoms with Gasteiger partial charge in [0.05, 0.1) is 5.56 Å². The molecule has 0 spiro atoms. The van der Waals surface area contributed by atoms with Crippen LogP contribution in [0.5, 0.6) is 0 Å². The van der Waals surface area contributed by atoms with E-state index in [1.54, 1.807) is 6.07 Å². The SMILES string of the molecule is CC(C)N1CCC(Nc2cc(Br)cc(C(F)(F)F)c2)C1. The van der Waals surface area contributed by atoms with Crippen molar-refractivity contribution in [2.45, 2.75) is 38.5 Å². The third kappa shape index (κ3) is 3.88. The van der Waals surface area contributed by atoms with E-state index in [2.05, 4.69) is 40.0 Å². The van der Waals surface area contributed by atoms with Crippen LogP contribution in [0.3, 0.4) is 0 Å². The van der Waals surface area contributed by atoms with E-state index >= 15 is 0 Å². The van der Waals surface area contributed by atoms with Crippen molar-refractivity contribution >= 4 is 21.6 Å². The van der Waals surface area contributed by atoms with Crippen LogP contribution in [0, 0.1) is 0 Å². The van der Waals surface area contributed by atoms with Crippen molar-refractivity contribution < 1.29 is 13.2 Å². The number of hydrogen-bond donors (Lipinski definition) is 1. The van der Waals surface area contributed by atoms with Crippen LogP contribution < -0.4 is 5.32 Å². The van der Waals surface area contributed by atoms with Crippen molar-refractivity contribution in [3.05, 3.63) is 28.2 Å². The van der Waals surface area contributed by atoms with Crippen molar-refractivity contribution in [1.82, 2.24) is 4.90 Å². The third-order valence-electron chi connectivity index (χ3n) is 3.55. The number of nitrogens with one attached hydrogen (secondary N) is 1. The first-order valence-electron chi connectivity index (χ1n) is 6.64. The molecule has 1 saturated heterocycles. The molecule has 2 nitrogen and oxygen atoms in total. The first-order valence-corrected chi connectivity index (χ1v) is 7.43. The summed E-state index contributed by atoms with van der Waals surface area (Å²) in [5.74, 6) is 0. The molecule has 1 fully saturated rings. The van der Waals surface area contributed by atoms with Gasteiger partial charge in [0.1, 0.15) is 0 Å². The fraction of sp³-hybridized carbons (Fsp3) is 0.571. The summed E-state index contributed by atoms with van der Waals surface area (Å²) in [4.78, 5) is 2.32.